The largest absolute Gasteiger partial charge is 0.348 e. The lowest BCUT2D eigenvalue weighted by Gasteiger charge is -2.16. The van der Waals surface area contributed by atoms with Gasteiger partial charge in [-0.2, -0.15) is 5.10 Å². The molecule has 0 saturated heterocycles. The Balaban J connectivity index is 0.00000121. The van der Waals surface area contributed by atoms with Crippen molar-refractivity contribution in [3.8, 4) is 5.69 Å². The Labute approximate surface area is 141 Å². The van der Waals surface area contributed by atoms with Crippen LogP contribution in [0.2, 0.25) is 0 Å². The van der Waals surface area contributed by atoms with E-state index >= 15 is 0 Å². The van der Waals surface area contributed by atoms with Crippen molar-refractivity contribution in [2.75, 3.05) is 6.54 Å². The van der Waals surface area contributed by atoms with Crippen LogP contribution in [0.15, 0.2) is 36.9 Å². The molecule has 3 rings (SSSR count). The first kappa shape index (κ1) is 18.4. The number of aromatic nitrogens is 3. The second-order valence-corrected chi connectivity index (χ2v) is 5.04. The minimum absolute atomic E-state index is 0. The highest BCUT2D eigenvalue weighted by molar-refractivity contribution is 5.95. The number of hydrogen-bond acceptors (Lipinski definition) is 4. The third-order valence-electron chi connectivity index (χ3n) is 3.55. The molecule has 120 valence electrons. The Hall–Kier alpha value is -1.63. The van der Waals surface area contributed by atoms with Crippen LogP contribution in [0.25, 0.3) is 5.69 Å². The summed E-state index contributed by atoms with van der Waals surface area (Å²) < 4.78 is 1.62. The highest BCUT2D eigenvalue weighted by atomic mass is 35.5. The molecular formula is C14H19Cl2N5O. The molecule has 6 nitrogen and oxygen atoms in total. The summed E-state index contributed by atoms with van der Waals surface area (Å²) in [7, 11) is 0. The quantitative estimate of drug-likeness (QED) is 0.862. The topological polar surface area (TPSA) is 85.8 Å². The fraction of sp³-hybridized carbons (Fsp3) is 0.357. The summed E-state index contributed by atoms with van der Waals surface area (Å²) in [6.45, 7) is 0.485. The predicted octanol–water partition coefficient (Wildman–Crippen LogP) is 1.58. The summed E-state index contributed by atoms with van der Waals surface area (Å²) in [5, 5.41) is 7.06. The second kappa shape index (κ2) is 8.12. The molecule has 1 fully saturated rings. The van der Waals surface area contributed by atoms with Gasteiger partial charge in [0.25, 0.3) is 5.91 Å². The van der Waals surface area contributed by atoms with Gasteiger partial charge in [0, 0.05) is 18.2 Å². The molecular weight excluding hydrogens is 325 g/mol. The molecule has 0 spiro atoms. The molecule has 8 heteroatoms. The van der Waals surface area contributed by atoms with E-state index in [-0.39, 0.29) is 36.8 Å². The molecule has 3 N–H and O–H groups in total. The SMILES string of the molecule is Cl.Cl.NCC(NC(=O)c1cccc(-n2cncn2)c1)C1CC1. The van der Waals surface area contributed by atoms with Crippen LogP contribution in [0.1, 0.15) is 23.2 Å². The van der Waals surface area contributed by atoms with E-state index in [1.165, 1.54) is 6.33 Å². The third-order valence-corrected chi connectivity index (χ3v) is 3.55. The Morgan fingerprint density at radius 3 is 2.77 bits per heavy atom. The van der Waals surface area contributed by atoms with E-state index in [1.807, 2.05) is 12.1 Å². The number of carbonyl (C=O) groups excluding carboxylic acids is 1. The van der Waals surface area contributed by atoms with Gasteiger partial charge < -0.3 is 11.1 Å². The first-order valence-electron chi connectivity index (χ1n) is 6.74. The van der Waals surface area contributed by atoms with Crippen molar-refractivity contribution in [3.63, 3.8) is 0 Å². The van der Waals surface area contributed by atoms with Gasteiger partial charge in [-0.25, -0.2) is 9.67 Å². The fourth-order valence-corrected chi connectivity index (χ4v) is 2.25. The summed E-state index contributed by atoms with van der Waals surface area (Å²) in [6.07, 6.45) is 5.37. The first-order chi connectivity index (χ1) is 9.78. The Bertz CT molecular complexity index is 601. The number of carbonyl (C=O) groups is 1. The molecule has 1 aliphatic rings. The number of nitrogens with one attached hydrogen (secondary N) is 1. The summed E-state index contributed by atoms with van der Waals surface area (Å²) in [5.74, 6) is 0.455. The lowest BCUT2D eigenvalue weighted by molar-refractivity contribution is 0.0933. The molecule has 1 unspecified atom stereocenters. The summed E-state index contributed by atoms with van der Waals surface area (Å²) >= 11 is 0. The van der Waals surface area contributed by atoms with Crippen LogP contribution in [-0.4, -0.2) is 33.3 Å². The van der Waals surface area contributed by atoms with E-state index in [1.54, 1.807) is 23.1 Å². The van der Waals surface area contributed by atoms with Crippen molar-refractivity contribution in [1.29, 1.82) is 0 Å². The van der Waals surface area contributed by atoms with E-state index in [2.05, 4.69) is 15.4 Å². The number of hydrogen-bond donors (Lipinski definition) is 2. The Morgan fingerprint density at radius 1 is 1.41 bits per heavy atom. The number of benzene rings is 1. The maximum Gasteiger partial charge on any atom is 0.251 e. The van der Waals surface area contributed by atoms with E-state index in [9.17, 15) is 4.79 Å². The van der Waals surface area contributed by atoms with Gasteiger partial charge in [0.1, 0.15) is 12.7 Å². The van der Waals surface area contributed by atoms with Crippen molar-refractivity contribution in [3.05, 3.63) is 42.5 Å². The van der Waals surface area contributed by atoms with Gasteiger partial charge >= 0.3 is 0 Å². The average molecular weight is 344 g/mol. The highest BCUT2D eigenvalue weighted by Crippen LogP contribution is 2.32. The van der Waals surface area contributed by atoms with Gasteiger partial charge in [0.15, 0.2) is 0 Å². The zero-order valence-corrected chi connectivity index (χ0v) is 13.5. The van der Waals surface area contributed by atoms with Gasteiger partial charge in [-0.05, 0) is 37.0 Å². The number of amides is 1. The van der Waals surface area contributed by atoms with Gasteiger partial charge in [0.2, 0.25) is 0 Å². The molecule has 1 atom stereocenters. The molecule has 0 bridgehead atoms. The molecule has 0 radical (unpaired) electrons. The first-order valence-corrected chi connectivity index (χ1v) is 6.74. The lowest BCUT2D eigenvalue weighted by Crippen LogP contribution is -2.41. The maximum atomic E-state index is 12.3. The summed E-state index contributed by atoms with van der Waals surface area (Å²) in [4.78, 5) is 16.2. The van der Waals surface area contributed by atoms with E-state index in [4.69, 9.17) is 5.73 Å². The van der Waals surface area contributed by atoms with Crippen LogP contribution in [0.3, 0.4) is 0 Å². The van der Waals surface area contributed by atoms with Crippen molar-refractivity contribution in [2.24, 2.45) is 11.7 Å². The zero-order valence-electron chi connectivity index (χ0n) is 11.9. The number of nitrogens with zero attached hydrogens (tertiary/aromatic N) is 3. The second-order valence-electron chi connectivity index (χ2n) is 5.04. The monoisotopic (exact) mass is 343 g/mol. The fourth-order valence-electron chi connectivity index (χ4n) is 2.25. The minimum Gasteiger partial charge on any atom is -0.348 e. The molecule has 0 aliphatic heterocycles. The maximum absolute atomic E-state index is 12.3. The average Bonchev–Trinajstić information content (AvgIpc) is 3.18. The van der Waals surface area contributed by atoms with Crippen LogP contribution in [-0.2, 0) is 0 Å². The van der Waals surface area contributed by atoms with Crippen molar-refractivity contribution in [1.82, 2.24) is 20.1 Å². The molecule has 1 heterocycles. The zero-order chi connectivity index (χ0) is 13.9. The smallest absolute Gasteiger partial charge is 0.251 e. The van der Waals surface area contributed by atoms with E-state index in [0.717, 1.165) is 18.5 Å². The molecule has 1 aliphatic carbocycles. The Kier molecular flexibility index (Phi) is 6.80. The standard InChI is InChI=1S/C14H17N5O.2ClH/c15-7-13(10-4-5-10)18-14(20)11-2-1-3-12(6-11)19-9-16-8-17-19;;/h1-3,6,8-10,13H,4-5,7,15H2,(H,18,20);2*1H. The molecule has 2 aromatic rings. The van der Waals surface area contributed by atoms with Crippen LogP contribution in [0, 0.1) is 5.92 Å². The van der Waals surface area contributed by atoms with Gasteiger partial charge in [-0.3, -0.25) is 4.79 Å². The van der Waals surface area contributed by atoms with Gasteiger partial charge in [-0.1, -0.05) is 6.07 Å². The number of halogens is 2. The normalized spacial score (nSPS) is 14.4. The molecule has 1 saturated carbocycles. The van der Waals surface area contributed by atoms with E-state index < -0.39 is 0 Å². The molecule has 1 amide bonds. The predicted molar refractivity (Wildman–Crippen MR) is 88.9 cm³/mol. The molecule has 22 heavy (non-hydrogen) atoms. The summed E-state index contributed by atoms with van der Waals surface area (Å²) in [5.41, 5.74) is 7.13. The van der Waals surface area contributed by atoms with Gasteiger partial charge in [-0.15, -0.1) is 24.8 Å². The van der Waals surface area contributed by atoms with Crippen molar-refractivity contribution in [2.45, 2.75) is 18.9 Å². The van der Waals surface area contributed by atoms with Crippen molar-refractivity contribution < 1.29 is 4.79 Å². The number of nitrogens with two attached hydrogens (primary N) is 1. The summed E-state index contributed by atoms with van der Waals surface area (Å²) in [6, 6.07) is 7.38. The van der Waals surface area contributed by atoms with Crippen LogP contribution < -0.4 is 11.1 Å². The van der Waals surface area contributed by atoms with Gasteiger partial charge in [0.05, 0.1) is 5.69 Å². The molecule has 1 aromatic heterocycles. The molecule has 1 aromatic carbocycles. The number of rotatable bonds is 5. The Morgan fingerprint density at radius 2 is 2.18 bits per heavy atom. The van der Waals surface area contributed by atoms with E-state index in [0.29, 0.717) is 18.0 Å². The highest BCUT2D eigenvalue weighted by Gasteiger charge is 2.31. The third kappa shape index (κ3) is 4.19. The van der Waals surface area contributed by atoms with Crippen LogP contribution in [0.4, 0.5) is 0 Å². The van der Waals surface area contributed by atoms with Crippen LogP contribution >= 0.6 is 24.8 Å². The lowest BCUT2D eigenvalue weighted by atomic mass is 10.1. The van der Waals surface area contributed by atoms with Crippen LogP contribution in [0.5, 0.6) is 0 Å². The minimum atomic E-state index is -0.0886. The van der Waals surface area contributed by atoms with Crippen molar-refractivity contribution >= 4 is 30.7 Å².